The van der Waals surface area contributed by atoms with Crippen molar-refractivity contribution in [2.75, 3.05) is 20.6 Å². The number of carboxylic acid groups (broad SMARTS) is 1. The summed E-state index contributed by atoms with van der Waals surface area (Å²) in [5, 5.41) is 11.5. The molecule has 0 amide bonds. The minimum atomic E-state index is -0.852. The highest BCUT2D eigenvalue weighted by atomic mass is 16.4. The molecule has 0 aromatic heterocycles. The third-order valence-electron chi connectivity index (χ3n) is 1.87. The van der Waals surface area contributed by atoms with Gasteiger partial charge in [0, 0.05) is 6.42 Å². The maximum absolute atomic E-state index is 10.4. The molecule has 0 bridgehead atoms. The Balaban J connectivity index is 3.57. The van der Waals surface area contributed by atoms with Gasteiger partial charge >= 0.3 is 11.9 Å². The summed E-state index contributed by atoms with van der Waals surface area (Å²) in [7, 11) is 3.67. The van der Waals surface area contributed by atoms with E-state index in [2.05, 4.69) is 11.1 Å². The van der Waals surface area contributed by atoms with Gasteiger partial charge in [0.05, 0.1) is 20.6 Å². The smallest absolute Gasteiger partial charge is 0.362 e. The molecule has 14 heavy (non-hydrogen) atoms. The van der Waals surface area contributed by atoms with Crippen LogP contribution >= 0.6 is 0 Å². The van der Waals surface area contributed by atoms with E-state index >= 15 is 0 Å². The van der Waals surface area contributed by atoms with Crippen LogP contribution in [0.2, 0.25) is 0 Å². The van der Waals surface area contributed by atoms with E-state index in [1.54, 1.807) is 4.58 Å². The van der Waals surface area contributed by atoms with Crippen LogP contribution in [0.3, 0.4) is 0 Å². The number of guanidine groups is 1. The van der Waals surface area contributed by atoms with E-state index in [0.29, 0.717) is 18.9 Å². The molecule has 0 unspecified atom stereocenters. The van der Waals surface area contributed by atoms with Gasteiger partial charge in [-0.1, -0.05) is 0 Å². The molecule has 0 aromatic rings. The van der Waals surface area contributed by atoms with E-state index in [1.165, 1.54) is 0 Å². The summed E-state index contributed by atoms with van der Waals surface area (Å²) in [5.74, 6) is -0.268. The number of rotatable bonds is 5. The van der Waals surface area contributed by atoms with Crippen LogP contribution in [-0.2, 0) is 4.79 Å². The largest absolute Gasteiger partial charge is 0.477 e. The molecule has 0 aliphatic rings. The first-order chi connectivity index (χ1) is 6.45. The van der Waals surface area contributed by atoms with Crippen LogP contribution in [0, 0.1) is 0 Å². The van der Waals surface area contributed by atoms with E-state index in [9.17, 15) is 4.79 Å². The van der Waals surface area contributed by atoms with Crippen LogP contribution in [0.4, 0.5) is 0 Å². The van der Waals surface area contributed by atoms with Crippen LogP contribution in [-0.4, -0.2) is 48.3 Å². The van der Waals surface area contributed by atoms with Gasteiger partial charge in [-0.15, -0.1) is 0 Å². The molecule has 0 aliphatic heterocycles. The lowest BCUT2D eigenvalue weighted by molar-refractivity contribution is -0.467. The van der Waals surface area contributed by atoms with Crippen molar-refractivity contribution in [3.63, 3.8) is 0 Å². The van der Waals surface area contributed by atoms with Gasteiger partial charge in [-0.3, -0.25) is 15.6 Å². The van der Waals surface area contributed by atoms with Crippen molar-refractivity contribution in [3.8, 4) is 0 Å². The number of hydrogen-bond donors (Lipinski definition) is 4. The molecule has 6 nitrogen and oxygen atoms in total. The van der Waals surface area contributed by atoms with Gasteiger partial charge < -0.3 is 10.8 Å². The Morgan fingerprint density at radius 2 is 2.21 bits per heavy atom. The average Bonchev–Trinajstić information content (AvgIpc) is 2.11. The van der Waals surface area contributed by atoms with E-state index in [1.807, 2.05) is 14.1 Å². The summed E-state index contributed by atoms with van der Waals surface area (Å²) in [6.45, 7) is 0.670. The monoisotopic (exact) mass is 204 g/mol. The first-order valence-corrected chi connectivity index (χ1v) is 4.54. The third kappa shape index (κ3) is 5.36. The summed E-state index contributed by atoms with van der Waals surface area (Å²) in [6, 6.07) is -0.530. The predicted octanol–water partition coefficient (Wildman–Crippen LogP) is -2.36. The number of nitrogens with one attached hydrogen (secondary N) is 1. The highest BCUT2D eigenvalue weighted by Crippen LogP contribution is 1.90. The van der Waals surface area contributed by atoms with Crippen molar-refractivity contribution in [2.45, 2.75) is 18.9 Å². The predicted molar refractivity (Wildman–Crippen MR) is 52.9 cm³/mol. The summed E-state index contributed by atoms with van der Waals surface area (Å²) in [5.41, 5.74) is 9.11. The average molecular weight is 204 g/mol. The molecule has 0 rings (SSSR count). The molecule has 6 heteroatoms. The fourth-order valence-corrected chi connectivity index (χ4v) is 0.847. The first kappa shape index (κ1) is 12.7. The Morgan fingerprint density at radius 1 is 1.64 bits per heavy atom. The molecule has 0 saturated heterocycles. The van der Waals surface area contributed by atoms with Gasteiger partial charge in [-0.25, -0.2) is 4.79 Å². The fraction of sp³-hybridized carbons (Fsp3) is 0.750. The van der Waals surface area contributed by atoms with Crippen molar-refractivity contribution in [2.24, 2.45) is 5.73 Å². The number of nitrogens with two attached hydrogens (primary N) is 1. The molecule has 7 N–H and O–H groups in total. The molecule has 0 saturated carbocycles. The van der Waals surface area contributed by atoms with Gasteiger partial charge in [-0.05, 0) is 6.42 Å². The van der Waals surface area contributed by atoms with Crippen LogP contribution in [0.15, 0.2) is 0 Å². The first-order valence-electron chi connectivity index (χ1n) is 4.54. The molecular formula is C8H20N4O2+2. The van der Waals surface area contributed by atoms with E-state index < -0.39 is 12.0 Å². The summed E-state index contributed by atoms with van der Waals surface area (Å²) in [4.78, 5) is 10.4. The van der Waals surface area contributed by atoms with Gasteiger partial charge in [0.15, 0.2) is 6.04 Å². The number of carbonyl (C=O) groups is 1. The Bertz CT molecular complexity index is 223. The maximum Gasteiger partial charge on any atom is 0.362 e. The third-order valence-corrected chi connectivity index (χ3v) is 1.87. The normalized spacial score (nSPS) is 11.9. The Morgan fingerprint density at radius 3 is 2.64 bits per heavy atom. The number of hydrogen-bond acceptors (Lipinski definition) is 1. The zero-order valence-corrected chi connectivity index (χ0v) is 8.79. The van der Waals surface area contributed by atoms with Crippen LogP contribution in [0.1, 0.15) is 12.8 Å². The van der Waals surface area contributed by atoms with Crippen LogP contribution in [0.25, 0.3) is 0 Å². The quantitative estimate of drug-likeness (QED) is 0.174. The van der Waals surface area contributed by atoms with Crippen molar-refractivity contribution in [1.29, 1.82) is 0 Å². The second-order valence-corrected chi connectivity index (χ2v) is 3.38. The maximum atomic E-state index is 10.4. The van der Waals surface area contributed by atoms with Crippen molar-refractivity contribution >= 4 is 11.9 Å². The second kappa shape index (κ2) is 6.20. The lowest BCUT2D eigenvalue weighted by Gasteiger charge is -2.03. The number of quaternary nitrogens is 1. The van der Waals surface area contributed by atoms with Gasteiger partial charge in [0.25, 0.3) is 0 Å². The lowest BCUT2D eigenvalue weighted by atomic mass is 10.2. The Hall–Kier alpha value is -1.30. The Labute approximate surface area is 83.6 Å². The standard InChI is InChI=1S/C8H18N4O2/c1-12(2)8(10)11-5-3-4-6(9)7(13)14/h6H,3-5,9H2,1-2H3,(H3,10,11,13,14)/p+2/t6-/m0/s1. The zero-order valence-electron chi connectivity index (χ0n) is 8.79. The molecule has 82 valence electrons. The minimum absolute atomic E-state index is 0.530. The van der Waals surface area contributed by atoms with Gasteiger partial charge in [-0.2, -0.15) is 0 Å². The van der Waals surface area contributed by atoms with E-state index in [0.717, 1.165) is 6.42 Å². The van der Waals surface area contributed by atoms with E-state index in [-0.39, 0.29) is 0 Å². The van der Waals surface area contributed by atoms with Gasteiger partial charge in [0.2, 0.25) is 0 Å². The molecule has 0 radical (unpaired) electrons. The lowest BCUT2D eigenvalue weighted by Crippen LogP contribution is -2.64. The summed E-state index contributed by atoms with van der Waals surface area (Å²) in [6.07, 6.45) is 1.30. The van der Waals surface area contributed by atoms with Gasteiger partial charge in [0.1, 0.15) is 0 Å². The molecular weight excluding hydrogens is 184 g/mol. The second-order valence-electron chi connectivity index (χ2n) is 3.38. The summed E-state index contributed by atoms with van der Waals surface area (Å²) >= 11 is 0. The highest BCUT2D eigenvalue weighted by molar-refractivity contribution is 5.72. The molecule has 1 atom stereocenters. The Kier molecular flexibility index (Phi) is 5.62. The molecule has 0 heterocycles. The molecule has 0 aromatic carbocycles. The van der Waals surface area contributed by atoms with Crippen molar-refractivity contribution < 1.29 is 20.2 Å². The molecule has 0 spiro atoms. The number of nitrogens with zero attached hydrogens (tertiary/aromatic N) is 1. The van der Waals surface area contributed by atoms with E-state index in [4.69, 9.17) is 10.8 Å². The SMILES string of the molecule is C[N+](C)=C(N)NCCC[C@H]([NH3+])C(=O)O. The highest BCUT2D eigenvalue weighted by Gasteiger charge is 2.14. The van der Waals surface area contributed by atoms with Crippen LogP contribution in [0.5, 0.6) is 0 Å². The van der Waals surface area contributed by atoms with Crippen molar-refractivity contribution in [1.82, 2.24) is 5.32 Å². The minimum Gasteiger partial charge on any atom is -0.477 e. The number of aliphatic carboxylic acids is 1. The molecule has 0 aliphatic carbocycles. The molecule has 0 fully saturated rings. The summed E-state index contributed by atoms with van der Waals surface area (Å²) < 4.78 is 1.76. The van der Waals surface area contributed by atoms with Crippen LogP contribution < -0.4 is 16.8 Å². The van der Waals surface area contributed by atoms with Crippen molar-refractivity contribution in [3.05, 3.63) is 0 Å². The fourth-order valence-electron chi connectivity index (χ4n) is 0.847. The number of carboxylic acids is 1. The zero-order chi connectivity index (χ0) is 11.1. The topological polar surface area (TPSA) is 106 Å².